The number of rotatable bonds is 7. The van der Waals surface area contributed by atoms with Gasteiger partial charge in [-0.3, -0.25) is 0 Å². The molecular formula is C42H72O14. The average molecular weight is 801 g/mol. The number of hydrogen-bond donors (Lipinski definition) is 9. The van der Waals surface area contributed by atoms with Crippen LogP contribution >= 0.6 is 0 Å². The summed E-state index contributed by atoms with van der Waals surface area (Å²) in [6.45, 7) is 17.6. The van der Waals surface area contributed by atoms with Gasteiger partial charge in [0.2, 0.25) is 0 Å². The van der Waals surface area contributed by atoms with E-state index in [4.69, 9.17) is 23.7 Å². The van der Waals surface area contributed by atoms with Crippen LogP contribution in [0.15, 0.2) is 0 Å². The van der Waals surface area contributed by atoms with Crippen molar-refractivity contribution in [3.05, 3.63) is 0 Å². The molecule has 4 aliphatic carbocycles. The maximum atomic E-state index is 12.4. The molecule has 324 valence electrons. The van der Waals surface area contributed by atoms with Crippen LogP contribution in [0.3, 0.4) is 0 Å². The van der Waals surface area contributed by atoms with Crippen molar-refractivity contribution in [1.82, 2.24) is 0 Å². The molecule has 22 atom stereocenters. The maximum absolute atomic E-state index is 12.4. The van der Waals surface area contributed by atoms with Gasteiger partial charge in [0.15, 0.2) is 12.6 Å². The highest BCUT2D eigenvalue weighted by molar-refractivity contribution is 5.22. The van der Waals surface area contributed by atoms with E-state index in [-0.39, 0.29) is 35.2 Å². The quantitative estimate of drug-likeness (QED) is 0.166. The molecule has 3 saturated heterocycles. The van der Waals surface area contributed by atoms with Gasteiger partial charge in [-0.2, -0.15) is 0 Å². The molecule has 3 aliphatic heterocycles. The zero-order valence-electron chi connectivity index (χ0n) is 34.8. The van der Waals surface area contributed by atoms with Crippen LogP contribution in [0.25, 0.3) is 0 Å². The Balaban J connectivity index is 1.26. The fourth-order valence-electron chi connectivity index (χ4n) is 14.1. The Morgan fingerprint density at radius 1 is 0.732 bits per heavy atom. The molecular weight excluding hydrogens is 728 g/mol. The Bertz CT molecular complexity index is 1430. The van der Waals surface area contributed by atoms with Crippen molar-refractivity contribution in [2.75, 3.05) is 6.61 Å². The van der Waals surface area contributed by atoms with Crippen LogP contribution in [-0.4, -0.2) is 150 Å². The van der Waals surface area contributed by atoms with Crippen LogP contribution in [-0.2, 0) is 23.7 Å². The zero-order valence-corrected chi connectivity index (χ0v) is 34.8. The second-order valence-electron chi connectivity index (χ2n) is 21.2. The van der Waals surface area contributed by atoms with E-state index in [1.54, 1.807) is 13.8 Å². The van der Waals surface area contributed by atoms with Crippen molar-refractivity contribution in [2.45, 2.75) is 211 Å². The van der Waals surface area contributed by atoms with Crippen LogP contribution in [0.2, 0.25) is 0 Å². The third-order valence-electron chi connectivity index (χ3n) is 17.3. The summed E-state index contributed by atoms with van der Waals surface area (Å²) in [6.07, 6.45) is -11.0. The summed E-state index contributed by atoms with van der Waals surface area (Å²) in [5.74, 6) is -0.246. The van der Waals surface area contributed by atoms with Crippen molar-refractivity contribution < 1.29 is 69.6 Å². The monoisotopic (exact) mass is 800 g/mol. The molecule has 3 heterocycles. The van der Waals surface area contributed by atoms with Gasteiger partial charge >= 0.3 is 0 Å². The Labute approximate surface area is 331 Å². The second-order valence-corrected chi connectivity index (χ2v) is 21.2. The summed E-state index contributed by atoms with van der Waals surface area (Å²) in [6, 6.07) is 0. The molecule has 4 saturated carbocycles. The molecule has 7 rings (SSSR count). The van der Waals surface area contributed by atoms with Gasteiger partial charge in [0.05, 0.1) is 48.3 Å². The average Bonchev–Trinajstić information content (AvgIpc) is 3.71. The van der Waals surface area contributed by atoms with Crippen LogP contribution in [0.5, 0.6) is 0 Å². The smallest absolute Gasteiger partial charge is 0.187 e. The van der Waals surface area contributed by atoms with Gasteiger partial charge < -0.3 is 69.6 Å². The van der Waals surface area contributed by atoms with Crippen molar-refractivity contribution >= 4 is 0 Å². The van der Waals surface area contributed by atoms with Gasteiger partial charge in [0, 0.05) is 0 Å². The SMILES string of the molecule is C[C@H]1O[C@H](O[C@@H]2[C@@H](O[C@@H]3C[C@@]4(C)[C@@H](C[C@H](O)[C@H]5[C@H]([C@@]6(C)CC[C@@H](C(C)(C)O)O6)CC[C@@]54C)[C@]4(C)CC[C@@H](O)C(C)(C)[C@@H]34)O[C@@H](CO)[C@H](O)[C@H]2O)[C@@H](O)[C@@H](O)[C@@H]1O. The lowest BCUT2D eigenvalue weighted by atomic mass is 9.34. The van der Waals surface area contributed by atoms with Crippen molar-refractivity contribution in [3.63, 3.8) is 0 Å². The van der Waals surface area contributed by atoms with E-state index < -0.39 is 114 Å². The van der Waals surface area contributed by atoms with Crippen LogP contribution < -0.4 is 0 Å². The molecule has 0 spiro atoms. The predicted molar refractivity (Wildman–Crippen MR) is 200 cm³/mol. The van der Waals surface area contributed by atoms with Crippen LogP contribution in [0.1, 0.15) is 114 Å². The first-order chi connectivity index (χ1) is 25.9. The predicted octanol–water partition coefficient (Wildman–Crippen LogP) is 1.36. The molecule has 0 aromatic carbocycles. The molecule has 14 heteroatoms. The topological polar surface area (TPSA) is 228 Å². The Kier molecular flexibility index (Phi) is 11.3. The summed E-state index contributed by atoms with van der Waals surface area (Å²) in [4.78, 5) is 0. The lowest BCUT2D eigenvalue weighted by molar-refractivity contribution is -0.382. The largest absolute Gasteiger partial charge is 0.394 e. The first-order valence-electron chi connectivity index (χ1n) is 21.2. The summed E-state index contributed by atoms with van der Waals surface area (Å²) in [7, 11) is 0. The molecule has 0 aromatic rings. The number of hydrogen-bond acceptors (Lipinski definition) is 14. The fraction of sp³-hybridized carbons (Fsp3) is 1.00. The third kappa shape index (κ3) is 6.49. The van der Waals surface area contributed by atoms with E-state index >= 15 is 0 Å². The highest BCUT2D eigenvalue weighted by Gasteiger charge is 2.74. The molecule has 0 bridgehead atoms. The van der Waals surface area contributed by atoms with Gasteiger partial charge in [-0.05, 0) is 124 Å². The molecule has 9 N–H and O–H groups in total. The van der Waals surface area contributed by atoms with E-state index in [0.717, 1.165) is 25.7 Å². The van der Waals surface area contributed by atoms with Gasteiger partial charge in [0.25, 0.3) is 0 Å². The number of aliphatic hydroxyl groups is 9. The molecule has 0 radical (unpaired) electrons. The van der Waals surface area contributed by atoms with Crippen molar-refractivity contribution in [3.8, 4) is 0 Å². The molecule has 14 nitrogen and oxygen atoms in total. The van der Waals surface area contributed by atoms with Crippen molar-refractivity contribution in [2.24, 2.45) is 45.3 Å². The summed E-state index contributed by atoms with van der Waals surface area (Å²) >= 11 is 0. The van der Waals surface area contributed by atoms with Crippen LogP contribution in [0, 0.1) is 45.3 Å². The Hall–Kier alpha value is -0.560. The highest BCUT2D eigenvalue weighted by atomic mass is 16.8. The second kappa shape index (κ2) is 14.5. The molecule has 7 fully saturated rings. The fourth-order valence-corrected chi connectivity index (χ4v) is 14.1. The van der Waals surface area contributed by atoms with Gasteiger partial charge in [-0.25, -0.2) is 0 Å². The van der Waals surface area contributed by atoms with E-state index in [1.165, 1.54) is 6.92 Å². The zero-order chi connectivity index (χ0) is 41.3. The summed E-state index contributed by atoms with van der Waals surface area (Å²) in [5.41, 5.74) is -3.36. The van der Waals surface area contributed by atoms with E-state index in [2.05, 4.69) is 41.5 Å². The minimum Gasteiger partial charge on any atom is -0.394 e. The van der Waals surface area contributed by atoms with E-state index in [0.29, 0.717) is 25.7 Å². The van der Waals surface area contributed by atoms with E-state index in [1.807, 2.05) is 0 Å². The molecule has 0 unspecified atom stereocenters. The normalized spacial score (nSPS) is 57.3. The summed E-state index contributed by atoms with van der Waals surface area (Å²) in [5, 5.41) is 99.5. The van der Waals surface area contributed by atoms with Crippen molar-refractivity contribution in [1.29, 1.82) is 0 Å². The van der Waals surface area contributed by atoms with Crippen LogP contribution in [0.4, 0.5) is 0 Å². The minimum absolute atomic E-state index is 0.0557. The third-order valence-corrected chi connectivity index (χ3v) is 17.3. The van der Waals surface area contributed by atoms with Gasteiger partial charge in [0.1, 0.15) is 42.7 Å². The first kappa shape index (κ1) is 43.5. The minimum atomic E-state index is -1.70. The maximum Gasteiger partial charge on any atom is 0.187 e. The Morgan fingerprint density at radius 3 is 2.04 bits per heavy atom. The molecule has 7 aliphatic rings. The number of ether oxygens (including phenoxy) is 5. The highest BCUT2D eigenvalue weighted by Crippen LogP contribution is 2.76. The first-order valence-corrected chi connectivity index (χ1v) is 21.2. The summed E-state index contributed by atoms with van der Waals surface area (Å²) < 4.78 is 32.0. The van der Waals surface area contributed by atoms with Gasteiger partial charge in [-0.15, -0.1) is 0 Å². The van der Waals surface area contributed by atoms with Gasteiger partial charge in [-0.1, -0.05) is 34.6 Å². The molecule has 0 amide bonds. The number of fused-ring (bicyclic) bond motifs is 5. The lowest BCUT2D eigenvalue weighted by Crippen LogP contribution is -2.71. The molecule has 0 aromatic heterocycles. The lowest BCUT2D eigenvalue weighted by Gasteiger charge is -2.72. The van der Waals surface area contributed by atoms with E-state index in [9.17, 15) is 46.0 Å². The standard InChI is InChI=1S/C42H72O14/c1-19-28(46)30(48)32(50)35(52-19)55-33-31(49)29(47)23(18-43)54-36(33)53-22-17-41(8)24(39(6)13-11-25(45)37(2,3)34(22)39)16-21(44)27-20(10-14-40(27,41)7)42(9)15-12-26(56-42)38(4,5)51/h19-36,43-51H,10-18H2,1-9H3/t19-,20-,21+,22-,23+,24+,25-,26+,27-,28-,29+,30+,31-,32+,33+,34-,35-,36+,39+,40+,41+,42-/m1/s1. The number of aliphatic hydroxyl groups excluding tert-OH is 8. The Morgan fingerprint density at radius 2 is 1.41 bits per heavy atom. The molecule has 56 heavy (non-hydrogen) atoms.